The van der Waals surface area contributed by atoms with Gasteiger partial charge in [0.15, 0.2) is 0 Å². The fraction of sp³-hybridized carbons (Fsp3) is 0.438. The van der Waals surface area contributed by atoms with Gasteiger partial charge in [-0.05, 0) is 50.7 Å². The summed E-state index contributed by atoms with van der Waals surface area (Å²) in [7, 11) is 4.30. The summed E-state index contributed by atoms with van der Waals surface area (Å²) in [5.41, 5.74) is 1.31. The monoisotopic (exact) mass is 283 g/mol. The molecule has 1 aliphatic heterocycles. The SMILES string of the molecule is CN(C)[C@@H]1CCN(c2ncccn2)[C@H]1Cc1ccncc1. The average molecular weight is 283 g/mol. The van der Waals surface area contributed by atoms with Crippen LogP contribution >= 0.6 is 0 Å². The largest absolute Gasteiger partial charge is 0.336 e. The second-order valence-corrected chi connectivity index (χ2v) is 5.69. The van der Waals surface area contributed by atoms with Crippen molar-refractivity contribution < 1.29 is 0 Å². The summed E-state index contributed by atoms with van der Waals surface area (Å²) < 4.78 is 0. The highest BCUT2D eigenvalue weighted by molar-refractivity contribution is 5.35. The average Bonchev–Trinajstić information content (AvgIpc) is 2.93. The minimum Gasteiger partial charge on any atom is -0.336 e. The van der Waals surface area contributed by atoms with Gasteiger partial charge in [0.1, 0.15) is 0 Å². The summed E-state index contributed by atoms with van der Waals surface area (Å²) in [4.78, 5) is 17.6. The Labute approximate surface area is 125 Å². The van der Waals surface area contributed by atoms with Crippen LogP contribution in [-0.2, 0) is 6.42 Å². The van der Waals surface area contributed by atoms with E-state index in [2.05, 4.69) is 51.0 Å². The van der Waals surface area contributed by atoms with Crippen LogP contribution in [0.1, 0.15) is 12.0 Å². The van der Waals surface area contributed by atoms with Crippen molar-refractivity contribution in [2.75, 3.05) is 25.5 Å². The molecule has 0 bridgehead atoms. The Morgan fingerprint density at radius 2 is 1.86 bits per heavy atom. The summed E-state index contributed by atoms with van der Waals surface area (Å²) in [5, 5.41) is 0. The second-order valence-electron chi connectivity index (χ2n) is 5.69. The number of anilines is 1. The molecule has 0 N–H and O–H groups in total. The van der Waals surface area contributed by atoms with Crippen LogP contribution in [0.4, 0.5) is 5.95 Å². The van der Waals surface area contributed by atoms with E-state index in [0.717, 1.165) is 25.3 Å². The first-order chi connectivity index (χ1) is 10.3. The Hall–Kier alpha value is -2.01. The van der Waals surface area contributed by atoms with Gasteiger partial charge < -0.3 is 9.80 Å². The van der Waals surface area contributed by atoms with Crippen molar-refractivity contribution in [3.05, 3.63) is 48.5 Å². The molecule has 5 nitrogen and oxygen atoms in total. The number of rotatable bonds is 4. The van der Waals surface area contributed by atoms with E-state index in [1.807, 2.05) is 30.9 Å². The topological polar surface area (TPSA) is 45.2 Å². The predicted molar refractivity (Wildman–Crippen MR) is 83.2 cm³/mol. The summed E-state index contributed by atoms with van der Waals surface area (Å²) in [5.74, 6) is 0.834. The third-order valence-electron chi connectivity index (χ3n) is 4.18. The molecule has 2 atom stereocenters. The highest BCUT2D eigenvalue weighted by atomic mass is 15.3. The molecule has 0 aromatic carbocycles. The molecule has 0 aliphatic carbocycles. The molecule has 0 spiro atoms. The lowest BCUT2D eigenvalue weighted by Gasteiger charge is -2.31. The lowest BCUT2D eigenvalue weighted by Crippen LogP contribution is -2.44. The van der Waals surface area contributed by atoms with Gasteiger partial charge in [0.05, 0.1) is 6.04 Å². The maximum absolute atomic E-state index is 4.43. The number of pyridine rings is 1. The molecule has 3 rings (SSSR count). The first kappa shape index (κ1) is 13.9. The molecule has 0 unspecified atom stereocenters. The Morgan fingerprint density at radius 1 is 1.14 bits per heavy atom. The number of aromatic nitrogens is 3. The van der Waals surface area contributed by atoms with Crippen LogP contribution in [0.5, 0.6) is 0 Å². The fourth-order valence-electron chi connectivity index (χ4n) is 3.13. The summed E-state index contributed by atoms with van der Waals surface area (Å²) in [6.45, 7) is 1.00. The minimum atomic E-state index is 0.393. The van der Waals surface area contributed by atoms with Gasteiger partial charge in [-0.2, -0.15) is 0 Å². The number of nitrogens with zero attached hydrogens (tertiary/aromatic N) is 5. The second kappa shape index (κ2) is 6.18. The van der Waals surface area contributed by atoms with Gasteiger partial charge in [-0.3, -0.25) is 4.98 Å². The van der Waals surface area contributed by atoms with Crippen molar-refractivity contribution in [1.82, 2.24) is 19.9 Å². The van der Waals surface area contributed by atoms with Gasteiger partial charge in [-0.15, -0.1) is 0 Å². The van der Waals surface area contributed by atoms with Gasteiger partial charge in [0.2, 0.25) is 5.95 Å². The Bertz CT molecular complexity index is 557. The smallest absolute Gasteiger partial charge is 0.225 e. The molecule has 1 saturated heterocycles. The summed E-state index contributed by atoms with van der Waals surface area (Å²) in [6, 6.07) is 6.96. The van der Waals surface area contributed by atoms with E-state index in [1.165, 1.54) is 5.56 Å². The van der Waals surface area contributed by atoms with Crippen LogP contribution in [0, 0.1) is 0 Å². The first-order valence-corrected chi connectivity index (χ1v) is 7.34. The van der Waals surface area contributed by atoms with Crippen LogP contribution in [-0.4, -0.2) is 52.6 Å². The summed E-state index contributed by atoms with van der Waals surface area (Å²) >= 11 is 0. The van der Waals surface area contributed by atoms with E-state index in [0.29, 0.717) is 12.1 Å². The van der Waals surface area contributed by atoms with E-state index in [4.69, 9.17) is 0 Å². The zero-order valence-corrected chi connectivity index (χ0v) is 12.6. The maximum atomic E-state index is 4.43. The van der Waals surface area contributed by atoms with Crippen molar-refractivity contribution >= 4 is 5.95 Å². The third-order valence-corrected chi connectivity index (χ3v) is 4.18. The van der Waals surface area contributed by atoms with Crippen LogP contribution in [0.25, 0.3) is 0 Å². The molecular formula is C16H21N5. The van der Waals surface area contributed by atoms with E-state index in [9.17, 15) is 0 Å². The lowest BCUT2D eigenvalue weighted by molar-refractivity contribution is 0.273. The highest BCUT2D eigenvalue weighted by Crippen LogP contribution is 2.27. The van der Waals surface area contributed by atoms with Crippen LogP contribution in [0.3, 0.4) is 0 Å². The molecule has 1 fully saturated rings. The highest BCUT2D eigenvalue weighted by Gasteiger charge is 2.36. The van der Waals surface area contributed by atoms with Crippen molar-refractivity contribution in [2.24, 2.45) is 0 Å². The Kier molecular flexibility index (Phi) is 4.10. The Morgan fingerprint density at radius 3 is 2.52 bits per heavy atom. The standard InChI is InChI=1S/C16H21N5/c1-20(2)14-6-11-21(16-18-7-3-8-19-16)15(14)12-13-4-9-17-10-5-13/h3-5,7-10,14-15H,6,11-12H2,1-2H3/t14-,15+/m1/s1. The molecule has 1 aliphatic rings. The van der Waals surface area contributed by atoms with Gasteiger partial charge in [0.25, 0.3) is 0 Å². The third kappa shape index (κ3) is 3.03. The quantitative estimate of drug-likeness (QED) is 0.853. The molecule has 110 valence electrons. The van der Waals surface area contributed by atoms with E-state index in [1.54, 1.807) is 0 Å². The molecule has 21 heavy (non-hydrogen) atoms. The molecular weight excluding hydrogens is 262 g/mol. The molecule has 5 heteroatoms. The molecule has 0 amide bonds. The van der Waals surface area contributed by atoms with Crippen LogP contribution in [0.15, 0.2) is 43.0 Å². The maximum Gasteiger partial charge on any atom is 0.225 e. The van der Waals surface area contributed by atoms with Crippen molar-refractivity contribution in [3.8, 4) is 0 Å². The normalized spacial score (nSPS) is 22.0. The fourth-order valence-corrected chi connectivity index (χ4v) is 3.13. The molecule has 2 aromatic rings. The van der Waals surface area contributed by atoms with Gasteiger partial charge >= 0.3 is 0 Å². The predicted octanol–water partition coefficient (Wildman–Crippen LogP) is 1.62. The number of likely N-dealkylation sites (N-methyl/N-ethyl adjacent to an activating group) is 1. The number of hydrogen-bond donors (Lipinski definition) is 0. The van der Waals surface area contributed by atoms with Crippen molar-refractivity contribution in [3.63, 3.8) is 0 Å². The zero-order chi connectivity index (χ0) is 14.7. The lowest BCUT2D eigenvalue weighted by atomic mass is 10.0. The van der Waals surface area contributed by atoms with Gasteiger partial charge in [-0.25, -0.2) is 9.97 Å². The van der Waals surface area contributed by atoms with E-state index in [-0.39, 0.29) is 0 Å². The number of hydrogen-bond acceptors (Lipinski definition) is 5. The van der Waals surface area contributed by atoms with E-state index < -0.39 is 0 Å². The molecule has 0 saturated carbocycles. The molecule has 3 heterocycles. The van der Waals surface area contributed by atoms with Gasteiger partial charge in [-0.1, -0.05) is 0 Å². The van der Waals surface area contributed by atoms with Crippen LogP contribution < -0.4 is 4.90 Å². The zero-order valence-electron chi connectivity index (χ0n) is 12.6. The minimum absolute atomic E-state index is 0.393. The Balaban J connectivity index is 1.86. The molecule has 0 radical (unpaired) electrons. The van der Waals surface area contributed by atoms with Crippen molar-refractivity contribution in [1.29, 1.82) is 0 Å². The van der Waals surface area contributed by atoms with Crippen LogP contribution in [0.2, 0.25) is 0 Å². The first-order valence-electron chi connectivity index (χ1n) is 7.34. The van der Waals surface area contributed by atoms with Crippen molar-refractivity contribution in [2.45, 2.75) is 24.9 Å². The van der Waals surface area contributed by atoms with E-state index >= 15 is 0 Å². The summed E-state index contributed by atoms with van der Waals surface area (Å²) in [6.07, 6.45) is 9.48. The molecule has 2 aromatic heterocycles. The van der Waals surface area contributed by atoms with Gasteiger partial charge in [0, 0.05) is 37.4 Å².